The molecule has 0 bridgehead atoms. The Balaban J connectivity index is 2.18. The van der Waals surface area contributed by atoms with Gasteiger partial charge in [0.1, 0.15) is 0 Å². The molecular formula is C16H15BrN2O6S. The molecule has 0 saturated carbocycles. The second-order valence-electron chi connectivity index (χ2n) is 5.19. The molecular weight excluding hydrogens is 428 g/mol. The maximum Gasteiger partial charge on any atom is 0.338 e. The number of carbonyl (C=O) groups is 1. The van der Waals surface area contributed by atoms with Gasteiger partial charge in [-0.3, -0.25) is 14.8 Å². The van der Waals surface area contributed by atoms with E-state index in [1.807, 2.05) is 6.92 Å². The van der Waals surface area contributed by atoms with Crippen molar-refractivity contribution in [2.24, 2.45) is 0 Å². The van der Waals surface area contributed by atoms with Crippen LogP contribution < -0.4 is 4.72 Å². The minimum atomic E-state index is -3.94. The Hall–Kier alpha value is -2.46. The van der Waals surface area contributed by atoms with E-state index >= 15 is 0 Å². The van der Waals surface area contributed by atoms with Crippen molar-refractivity contribution in [1.82, 2.24) is 0 Å². The number of halogens is 1. The summed E-state index contributed by atoms with van der Waals surface area (Å²) in [7, 11) is -3.94. The molecule has 8 nitrogen and oxygen atoms in total. The van der Waals surface area contributed by atoms with Crippen LogP contribution >= 0.6 is 15.9 Å². The van der Waals surface area contributed by atoms with E-state index in [1.165, 1.54) is 24.3 Å². The Morgan fingerprint density at radius 3 is 2.42 bits per heavy atom. The van der Waals surface area contributed by atoms with Gasteiger partial charge in [0.15, 0.2) is 0 Å². The van der Waals surface area contributed by atoms with Crippen LogP contribution in [0.2, 0.25) is 0 Å². The monoisotopic (exact) mass is 442 g/mol. The summed E-state index contributed by atoms with van der Waals surface area (Å²) in [6.45, 7) is 2.18. The molecule has 2 aromatic carbocycles. The first-order valence-electron chi connectivity index (χ1n) is 7.48. The molecule has 138 valence electrons. The summed E-state index contributed by atoms with van der Waals surface area (Å²) in [5, 5.41) is 10.8. The summed E-state index contributed by atoms with van der Waals surface area (Å²) in [4.78, 5) is 21.8. The second kappa shape index (κ2) is 8.28. The maximum absolute atomic E-state index is 12.4. The molecule has 0 unspecified atom stereocenters. The van der Waals surface area contributed by atoms with Crippen molar-refractivity contribution < 1.29 is 22.9 Å². The lowest BCUT2D eigenvalue weighted by molar-refractivity contribution is -0.385. The van der Waals surface area contributed by atoms with Gasteiger partial charge < -0.3 is 4.74 Å². The standard InChI is InChI=1S/C16H15BrN2O6S/c1-2-9-25-16(20)11-3-5-12(6-4-11)18-26(23,24)13-7-8-15(19(21)22)14(17)10-13/h3-8,10,18H,2,9H2,1H3. The number of rotatable bonds is 7. The lowest BCUT2D eigenvalue weighted by atomic mass is 10.2. The fourth-order valence-corrected chi connectivity index (χ4v) is 3.73. The molecule has 0 aliphatic rings. The normalized spacial score (nSPS) is 11.0. The Labute approximate surface area is 158 Å². The first-order chi connectivity index (χ1) is 12.2. The van der Waals surface area contributed by atoms with Crippen molar-refractivity contribution in [3.05, 3.63) is 62.6 Å². The SMILES string of the molecule is CCCOC(=O)c1ccc(NS(=O)(=O)c2ccc([N+](=O)[O-])c(Br)c2)cc1. The molecule has 0 aliphatic carbocycles. The van der Waals surface area contributed by atoms with E-state index in [-0.39, 0.29) is 20.7 Å². The Bertz CT molecular complexity index is 928. The molecule has 2 aromatic rings. The Morgan fingerprint density at radius 1 is 1.23 bits per heavy atom. The number of nitro benzene ring substituents is 1. The Kier molecular flexibility index (Phi) is 6.32. The van der Waals surface area contributed by atoms with Crippen molar-refractivity contribution in [3.8, 4) is 0 Å². The third kappa shape index (κ3) is 4.79. The topological polar surface area (TPSA) is 116 Å². The third-order valence-corrected chi connectivity index (χ3v) is 5.25. The summed E-state index contributed by atoms with van der Waals surface area (Å²) in [6.07, 6.45) is 0.703. The highest BCUT2D eigenvalue weighted by molar-refractivity contribution is 9.10. The van der Waals surface area contributed by atoms with Crippen LogP contribution in [0.3, 0.4) is 0 Å². The number of esters is 1. The van der Waals surface area contributed by atoms with Gasteiger partial charge >= 0.3 is 5.97 Å². The number of hydrogen-bond acceptors (Lipinski definition) is 6. The summed E-state index contributed by atoms with van der Waals surface area (Å²) in [5.74, 6) is -0.486. The molecule has 0 atom stereocenters. The van der Waals surface area contributed by atoms with Crippen LogP contribution in [-0.2, 0) is 14.8 Å². The first kappa shape index (κ1) is 19.9. The minimum Gasteiger partial charge on any atom is -0.462 e. The van der Waals surface area contributed by atoms with Crippen LogP contribution in [0.5, 0.6) is 0 Å². The van der Waals surface area contributed by atoms with Crippen molar-refractivity contribution in [2.45, 2.75) is 18.2 Å². The molecule has 0 heterocycles. The number of hydrogen-bond donors (Lipinski definition) is 1. The van der Waals surface area contributed by atoms with Crippen LogP contribution in [0.15, 0.2) is 51.8 Å². The quantitative estimate of drug-likeness (QED) is 0.396. The number of nitrogens with zero attached hydrogens (tertiary/aromatic N) is 1. The van der Waals surface area contributed by atoms with Gasteiger partial charge in [0, 0.05) is 11.8 Å². The zero-order valence-electron chi connectivity index (χ0n) is 13.6. The summed E-state index contributed by atoms with van der Waals surface area (Å²) in [5.41, 5.74) is 0.310. The molecule has 0 aliphatic heterocycles. The Morgan fingerprint density at radius 2 is 1.88 bits per heavy atom. The van der Waals surface area contributed by atoms with E-state index in [0.29, 0.717) is 18.6 Å². The van der Waals surface area contributed by atoms with E-state index in [2.05, 4.69) is 20.7 Å². The highest BCUT2D eigenvalue weighted by Crippen LogP contribution is 2.28. The fraction of sp³-hybridized carbons (Fsp3) is 0.188. The van der Waals surface area contributed by atoms with Gasteiger partial charge in [-0.15, -0.1) is 0 Å². The third-order valence-electron chi connectivity index (χ3n) is 3.24. The average Bonchev–Trinajstić information content (AvgIpc) is 2.59. The molecule has 1 N–H and O–H groups in total. The highest BCUT2D eigenvalue weighted by Gasteiger charge is 2.19. The van der Waals surface area contributed by atoms with Crippen molar-refractivity contribution in [2.75, 3.05) is 11.3 Å². The summed E-state index contributed by atoms with van der Waals surface area (Å²) < 4.78 is 32.2. The number of sulfonamides is 1. The lowest BCUT2D eigenvalue weighted by Gasteiger charge is -2.09. The zero-order valence-corrected chi connectivity index (χ0v) is 16.0. The van der Waals surface area contributed by atoms with Gasteiger partial charge in [0.2, 0.25) is 0 Å². The molecule has 10 heteroatoms. The van der Waals surface area contributed by atoms with Gasteiger partial charge in [0.05, 0.1) is 26.5 Å². The van der Waals surface area contributed by atoms with Crippen LogP contribution in [0.1, 0.15) is 23.7 Å². The van der Waals surface area contributed by atoms with Crippen LogP contribution in [0.25, 0.3) is 0 Å². The molecule has 0 aromatic heterocycles. The van der Waals surface area contributed by atoms with E-state index in [1.54, 1.807) is 0 Å². The fourth-order valence-electron chi connectivity index (χ4n) is 1.97. The van der Waals surface area contributed by atoms with Gasteiger partial charge in [0.25, 0.3) is 15.7 Å². The zero-order chi connectivity index (χ0) is 19.3. The summed E-state index contributed by atoms with van der Waals surface area (Å²) >= 11 is 2.99. The predicted octanol–water partition coefficient (Wildman–Crippen LogP) is 3.72. The van der Waals surface area contributed by atoms with Crippen LogP contribution in [-0.4, -0.2) is 25.9 Å². The number of carbonyl (C=O) groups excluding carboxylic acids is 1. The van der Waals surface area contributed by atoms with Crippen LogP contribution in [0, 0.1) is 10.1 Å². The van der Waals surface area contributed by atoms with E-state index in [9.17, 15) is 23.3 Å². The molecule has 2 rings (SSSR count). The largest absolute Gasteiger partial charge is 0.462 e. The molecule has 0 amide bonds. The predicted molar refractivity (Wildman–Crippen MR) is 98.6 cm³/mol. The molecule has 0 fully saturated rings. The average molecular weight is 443 g/mol. The molecule has 0 saturated heterocycles. The number of anilines is 1. The lowest BCUT2D eigenvalue weighted by Crippen LogP contribution is -2.13. The number of benzene rings is 2. The molecule has 0 spiro atoms. The minimum absolute atomic E-state index is 0.0550. The number of nitro groups is 1. The van der Waals surface area contributed by atoms with E-state index < -0.39 is 20.9 Å². The van der Waals surface area contributed by atoms with Crippen molar-refractivity contribution >= 4 is 43.3 Å². The number of ether oxygens (including phenoxy) is 1. The summed E-state index contributed by atoms with van der Waals surface area (Å²) in [6, 6.07) is 9.15. The molecule has 0 radical (unpaired) electrons. The van der Waals surface area contributed by atoms with E-state index in [0.717, 1.165) is 18.2 Å². The highest BCUT2D eigenvalue weighted by atomic mass is 79.9. The van der Waals surface area contributed by atoms with Crippen molar-refractivity contribution in [3.63, 3.8) is 0 Å². The smallest absolute Gasteiger partial charge is 0.338 e. The first-order valence-corrected chi connectivity index (χ1v) is 9.76. The van der Waals surface area contributed by atoms with Crippen molar-refractivity contribution in [1.29, 1.82) is 0 Å². The van der Waals surface area contributed by atoms with Gasteiger partial charge in [-0.2, -0.15) is 0 Å². The van der Waals surface area contributed by atoms with E-state index in [4.69, 9.17) is 4.74 Å². The van der Waals surface area contributed by atoms with Gasteiger partial charge in [-0.25, -0.2) is 13.2 Å². The molecule has 26 heavy (non-hydrogen) atoms. The number of nitrogens with one attached hydrogen (secondary N) is 1. The maximum atomic E-state index is 12.4. The van der Waals surface area contributed by atoms with Gasteiger partial charge in [-0.1, -0.05) is 6.92 Å². The van der Waals surface area contributed by atoms with Crippen LogP contribution in [0.4, 0.5) is 11.4 Å². The second-order valence-corrected chi connectivity index (χ2v) is 7.73. The van der Waals surface area contributed by atoms with Gasteiger partial charge in [-0.05, 0) is 58.7 Å².